The third kappa shape index (κ3) is 2.07. The molecule has 2 rings (SSSR count). The van der Waals surface area contributed by atoms with Crippen molar-refractivity contribution in [1.29, 1.82) is 0 Å². The molecule has 0 aliphatic rings. The molecule has 0 aliphatic heterocycles. The first-order valence-electron chi connectivity index (χ1n) is 5.61. The lowest BCUT2D eigenvalue weighted by molar-refractivity contribution is 0.0697. The lowest BCUT2D eigenvalue weighted by Gasteiger charge is -2.12. The van der Waals surface area contributed by atoms with Gasteiger partial charge in [0.25, 0.3) is 0 Å². The van der Waals surface area contributed by atoms with E-state index in [-0.39, 0.29) is 0 Å². The molecule has 0 bridgehead atoms. The second-order valence-electron chi connectivity index (χ2n) is 4.00. The third-order valence-electron chi connectivity index (χ3n) is 2.88. The van der Waals surface area contributed by atoms with Crippen molar-refractivity contribution in [3.05, 3.63) is 53.6 Å². The zero-order valence-electron chi connectivity index (χ0n) is 10.3. The van der Waals surface area contributed by atoms with Crippen molar-refractivity contribution in [3.63, 3.8) is 0 Å². The Kier molecular flexibility index (Phi) is 3.33. The molecular formula is C15H14O3. The molecule has 2 aromatic carbocycles. The first-order valence-corrected chi connectivity index (χ1v) is 5.61. The molecule has 0 fully saturated rings. The van der Waals surface area contributed by atoms with E-state index in [9.17, 15) is 9.90 Å². The summed E-state index contributed by atoms with van der Waals surface area (Å²) in [7, 11) is 1.58. The van der Waals surface area contributed by atoms with Crippen LogP contribution in [0.1, 0.15) is 15.9 Å². The van der Waals surface area contributed by atoms with Crippen LogP contribution in [0.4, 0.5) is 0 Å². The highest BCUT2D eigenvalue weighted by atomic mass is 16.5. The van der Waals surface area contributed by atoms with Gasteiger partial charge >= 0.3 is 5.97 Å². The van der Waals surface area contributed by atoms with E-state index >= 15 is 0 Å². The van der Waals surface area contributed by atoms with Gasteiger partial charge in [-0.15, -0.1) is 0 Å². The third-order valence-corrected chi connectivity index (χ3v) is 2.88. The summed E-state index contributed by atoms with van der Waals surface area (Å²) in [5.41, 5.74) is 2.54. The Hall–Kier alpha value is -2.29. The molecule has 0 atom stereocenters. The highest BCUT2D eigenvalue weighted by molar-refractivity contribution is 5.98. The smallest absolute Gasteiger partial charge is 0.336 e. The van der Waals surface area contributed by atoms with Crippen molar-refractivity contribution in [3.8, 4) is 16.9 Å². The Balaban J connectivity index is 2.71. The number of rotatable bonds is 3. The molecule has 0 amide bonds. The number of hydrogen-bond acceptors (Lipinski definition) is 2. The van der Waals surface area contributed by atoms with E-state index in [1.54, 1.807) is 26.2 Å². The van der Waals surface area contributed by atoms with Gasteiger partial charge in [-0.3, -0.25) is 0 Å². The van der Waals surface area contributed by atoms with Gasteiger partial charge in [-0.2, -0.15) is 0 Å². The van der Waals surface area contributed by atoms with Crippen LogP contribution in [0.3, 0.4) is 0 Å². The largest absolute Gasteiger partial charge is 0.496 e. The normalized spacial score (nSPS) is 10.1. The van der Waals surface area contributed by atoms with Crippen LogP contribution in [-0.4, -0.2) is 18.2 Å². The van der Waals surface area contributed by atoms with Crippen LogP contribution >= 0.6 is 0 Å². The van der Waals surface area contributed by atoms with Crippen LogP contribution < -0.4 is 4.74 Å². The van der Waals surface area contributed by atoms with Crippen LogP contribution in [0, 0.1) is 6.92 Å². The van der Waals surface area contributed by atoms with Gasteiger partial charge in [0.15, 0.2) is 0 Å². The van der Waals surface area contributed by atoms with Gasteiger partial charge in [-0.1, -0.05) is 36.4 Å². The summed E-state index contributed by atoms with van der Waals surface area (Å²) in [5.74, 6) is -0.250. The maximum Gasteiger partial charge on any atom is 0.336 e. The van der Waals surface area contributed by atoms with Crippen molar-refractivity contribution in [2.75, 3.05) is 7.11 Å². The fraction of sp³-hybridized carbons (Fsp3) is 0.133. The molecule has 0 aliphatic carbocycles. The number of carboxylic acid groups (broad SMARTS) is 1. The van der Waals surface area contributed by atoms with E-state index in [0.29, 0.717) is 16.9 Å². The van der Waals surface area contributed by atoms with Crippen LogP contribution in [0.25, 0.3) is 11.1 Å². The topological polar surface area (TPSA) is 46.5 Å². The molecule has 0 radical (unpaired) electrons. The highest BCUT2D eigenvalue weighted by Crippen LogP contribution is 2.33. The number of carboxylic acids is 1. The average Bonchev–Trinajstić information content (AvgIpc) is 2.38. The van der Waals surface area contributed by atoms with Gasteiger partial charge in [0.05, 0.1) is 12.7 Å². The number of hydrogen-bond donors (Lipinski definition) is 1. The van der Waals surface area contributed by atoms with Crippen molar-refractivity contribution < 1.29 is 14.6 Å². The molecule has 18 heavy (non-hydrogen) atoms. The minimum atomic E-state index is -0.922. The minimum Gasteiger partial charge on any atom is -0.496 e. The fourth-order valence-corrected chi connectivity index (χ4v) is 2.04. The number of benzene rings is 2. The second-order valence-corrected chi connectivity index (χ2v) is 4.00. The molecule has 1 N–H and O–H groups in total. The van der Waals surface area contributed by atoms with Gasteiger partial charge in [-0.25, -0.2) is 4.79 Å². The molecule has 3 heteroatoms. The summed E-state index contributed by atoms with van der Waals surface area (Å²) < 4.78 is 5.28. The van der Waals surface area contributed by atoms with Gasteiger partial charge in [0.1, 0.15) is 5.75 Å². The number of methoxy groups -OCH3 is 1. The molecule has 0 aromatic heterocycles. The van der Waals surface area contributed by atoms with Crippen LogP contribution in [0.15, 0.2) is 42.5 Å². The summed E-state index contributed by atoms with van der Waals surface area (Å²) in [5, 5.41) is 9.33. The van der Waals surface area contributed by atoms with E-state index in [1.807, 2.05) is 30.3 Å². The molecule has 0 spiro atoms. The van der Waals surface area contributed by atoms with E-state index in [4.69, 9.17) is 4.74 Å². The van der Waals surface area contributed by atoms with Gasteiger partial charge < -0.3 is 9.84 Å². The van der Waals surface area contributed by atoms with Crippen molar-refractivity contribution >= 4 is 5.97 Å². The fourth-order valence-electron chi connectivity index (χ4n) is 2.04. The lowest BCUT2D eigenvalue weighted by atomic mass is 9.95. The van der Waals surface area contributed by atoms with Crippen LogP contribution in [-0.2, 0) is 0 Å². The Labute approximate surface area is 106 Å². The van der Waals surface area contributed by atoms with Gasteiger partial charge in [0.2, 0.25) is 0 Å². The first kappa shape index (κ1) is 12.2. The summed E-state index contributed by atoms with van der Waals surface area (Å²) >= 11 is 0. The summed E-state index contributed by atoms with van der Waals surface area (Å²) in [6.07, 6.45) is 0. The van der Waals surface area contributed by atoms with Gasteiger partial charge in [0, 0.05) is 11.1 Å². The minimum absolute atomic E-state index is 0.321. The molecular weight excluding hydrogens is 228 g/mol. The molecule has 92 valence electrons. The van der Waals surface area contributed by atoms with Gasteiger partial charge in [-0.05, 0) is 18.6 Å². The van der Waals surface area contributed by atoms with Crippen molar-refractivity contribution in [1.82, 2.24) is 0 Å². The molecule has 0 heterocycles. The van der Waals surface area contributed by atoms with Crippen LogP contribution in [0.2, 0.25) is 0 Å². The zero-order chi connectivity index (χ0) is 13.1. The zero-order valence-corrected chi connectivity index (χ0v) is 10.3. The quantitative estimate of drug-likeness (QED) is 0.897. The molecule has 0 saturated carbocycles. The Morgan fingerprint density at radius 3 is 2.39 bits per heavy atom. The summed E-state index contributed by atoms with van der Waals surface area (Å²) in [6, 6.07) is 12.9. The first-order chi connectivity index (χ1) is 8.65. The Morgan fingerprint density at radius 1 is 1.06 bits per heavy atom. The van der Waals surface area contributed by atoms with Crippen molar-refractivity contribution in [2.45, 2.75) is 6.92 Å². The molecule has 0 unspecified atom stereocenters. The number of ether oxygens (including phenoxy) is 1. The Morgan fingerprint density at radius 2 is 1.72 bits per heavy atom. The number of aryl methyl sites for hydroxylation is 1. The number of carbonyl (C=O) groups is 1. The predicted molar refractivity (Wildman–Crippen MR) is 70.1 cm³/mol. The monoisotopic (exact) mass is 242 g/mol. The van der Waals surface area contributed by atoms with E-state index in [0.717, 1.165) is 11.1 Å². The number of aromatic carboxylic acids is 1. The Bertz CT molecular complexity index is 588. The predicted octanol–water partition coefficient (Wildman–Crippen LogP) is 3.37. The SMILES string of the molecule is COc1ccccc1-c1cccc(C)c1C(=O)O. The van der Waals surface area contributed by atoms with E-state index < -0.39 is 5.97 Å². The standard InChI is InChI=1S/C15H14O3/c1-10-6-5-8-12(14(10)15(16)17)11-7-3-4-9-13(11)18-2/h3-9H,1-2H3,(H,16,17). The van der Waals surface area contributed by atoms with Crippen LogP contribution in [0.5, 0.6) is 5.75 Å². The summed E-state index contributed by atoms with van der Waals surface area (Å²) in [4.78, 5) is 11.4. The maximum absolute atomic E-state index is 11.4. The van der Waals surface area contributed by atoms with E-state index in [2.05, 4.69) is 0 Å². The molecule has 3 nitrogen and oxygen atoms in total. The highest BCUT2D eigenvalue weighted by Gasteiger charge is 2.16. The lowest BCUT2D eigenvalue weighted by Crippen LogP contribution is -2.03. The summed E-state index contributed by atoms with van der Waals surface area (Å²) in [6.45, 7) is 1.79. The second kappa shape index (κ2) is 4.92. The van der Waals surface area contributed by atoms with Crippen molar-refractivity contribution in [2.24, 2.45) is 0 Å². The number of para-hydroxylation sites is 1. The maximum atomic E-state index is 11.4. The van der Waals surface area contributed by atoms with E-state index in [1.165, 1.54) is 0 Å². The average molecular weight is 242 g/mol. The molecule has 0 saturated heterocycles. The molecule has 2 aromatic rings.